The van der Waals surface area contributed by atoms with Crippen molar-refractivity contribution in [2.75, 3.05) is 0 Å². The van der Waals surface area contributed by atoms with Gasteiger partial charge in [-0.1, -0.05) is 164 Å². The zero-order chi connectivity index (χ0) is 34.7. The molecule has 2 aliphatic rings. The maximum absolute atomic E-state index is 5.39. The van der Waals surface area contributed by atoms with Crippen LogP contribution in [-0.2, 0) is 5.41 Å². The molecule has 1 unspecified atom stereocenters. The molecule has 0 fully saturated rings. The molecule has 10 aromatic rings. The van der Waals surface area contributed by atoms with Crippen molar-refractivity contribution in [2.45, 2.75) is 5.41 Å². The van der Waals surface area contributed by atoms with Crippen LogP contribution in [0.3, 0.4) is 0 Å². The minimum Gasteiger partial charge on any atom is -0.228 e. The van der Waals surface area contributed by atoms with Crippen LogP contribution in [0.25, 0.3) is 88.1 Å². The second-order valence-electron chi connectivity index (χ2n) is 14.4. The molecule has 1 heterocycles. The Labute approximate surface area is 306 Å². The van der Waals surface area contributed by atoms with E-state index in [4.69, 9.17) is 9.97 Å². The third kappa shape index (κ3) is 3.72. The van der Waals surface area contributed by atoms with Crippen LogP contribution < -0.4 is 0 Å². The molecule has 0 bridgehead atoms. The van der Waals surface area contributed by atoms with Gasteiger partial charge < -0.3 is 0 Å². The molecule has 1 spiro atoms. The maximum atomic E-state index is 5.39. The van der Waals surface area contributed by atoms with Gasteiger partial charge in [0.2, 0.25) is 0 Å². The molecule has 9 aromatic carbocycles. The van der Waals surface area contributed by atoms with Gasteiger partial charge in [-0.05, 0) is 95.0 Å². The highest BCUT2D eigenvalue weighted by atomic mass is 14.9. The molecule has 53 heavy (non-hydrogen) atoms. The van der Waals surface area contributed by atoms with E-state index >= 15 is 0 Å². The third-order valence-corrected chi connectivity index (χ3v) is 11.9. The summed E-state index contributed by atoms with van der Waals surface area (Å²) in [7, 11) is 0. The first-order valence-corrected chi connectivity index (χ1v) is 18.3. The highest BCUT2D eigenvalue weighted by molar-refractivity contribution is 6.26. The Morgan fingerprint density at radius 2 is 0.849 bits per heavy atom. The fraction of sp³-hybridized carbons (Fsp3) is 0.0196. The van der Waals surface area contributed by atoms with Crippen LogP contribution in [0, 0.1) is 0 Å². The van der Waals surface area contributed by atoms with Crippen LogP contribution in [0.1, 0.15) is 22.3 Å². The lowest BCUT2D eigenvalue weighted by atomic mass is 9.70. The first-order chi connectivity index (χ1) is 26.3. The van der Waals surface area contributed by atoms with Gasteiger partial charge in [0.05, 0.1) is 16.6 Å². The maximum Gasteiger partial charge on any atom is 0.161 e. The Balaban J connectivity index is 1.21. The fourth-order valence-electron chi connectivity index (χ4n) is 9.78. The highest BCUT2D eigenvalue weighted by Crippen LogP contribution is 2.64. The van der Waals surface area contributed by atoms with Gasteiger partial charge >= 0.3 is 0 Å². The van der Waals surface area contributed by atoms with Gasteiger partial charge in [0.25, 0.3) is 0 Å². The number of aromatic nitrogens is 2. The Bertz CT molecular complexity index is 3180. The predicted octanol–water partition coefficient (Wildman–Crippen LogP) is 12.8. The van der Waals surface area contributed by atoms with Crippen molar-refractivity contribution >= 4 is 43.2 Å². The number of rotatable bonds is 2. The van der Waals surface area contributed by atoms with Gasteiger partial charge in [-0.15, -0.1) is 0 Å². The summed E-state index contributed by atoms with van der Waals surface area (Å²) >= 11 is 0. The lowest BCUT2D eigenvalue weighted by Crippen LogP contribution is -2.25. The van der Waals surface area contributed by atoms with Crippen LogP contribution in [0.5, 0.6) is 0 Å². The molecule has 12 rings (SSSR count). The average molecular weight is 671 g/mol. The SMILES string of the molecule is c1ccc(-c2nc(-c3cccc4c3-c3ccccc3C43c4ccccc4-c4cc5c6ccccc6c6ccccc6c5cc43)nc3ccccc23)cc1. The zero-order valence-corrected chi connectivity index (χ0v) is 28.7. The lowest BCUT2D eigenvalue weighted by Gasteiger charge is -2.31. The van der Waals surface area contributed by atoms with E-state index in [1.807, 2.05) is 0 Å². The van der Waals surface area contributed by atoms with Gasteiger partial charge in [-0.2, -0.15) is 0 Å². The molecule has 2 heteroatoms. The van der Waals surface area contributed by atoms with Crippen LogP contribution in [-0.4, -0.2) is 9.97 Å². The Hall–Kier alpha value is -6.90. The van der Waals surface area contributed by atoms with E-state index in [-0.39, 0.29) is 0 Å². The van der Waals surface area contributed by atoms with E-state index in [1.165, 1.54) is 76.8 Å². The molecule has 0 aliphatic heterocycles. The van der Waals surface area contributed by atoms with E-state index in [0.717, 1.165) is 33.5 Å². The molecule has 2 aliphatic carbocycles. The van der Waals surface area contributed by atoms with Gasteiger partial charge in [-0.3, -0.25) is 0 Å². The van der Waals surface area contributed by atoms with Crippen LogP contribution in [0.2, 0.25) is 0 Å². The summed E-state index contributed by atoms with van der Waals surface area (Å²) in [4.78, 5) is 10.7. The van der Waals surface area contributed by atoms with E-state index < -0.39 is 5.41 Å². The summed E-state index contributed by atoms with van der Waals surface area (Å²) in [5.74, 6) is 0.744. The Morgan fingerprint density at radius 3 is 1.58 bits per heavy atom. The minimum atomic E-state index is -0.506. The van der Waals surface area contributed by atoms with Gasteiger partial charge in [0.1, 0.15) is 0 Å². The second kappa shape index (κ2) is 10.6. The summed E-state index contributed by atoms with van der Waals surface area (Å²) in [6, 6.07) is 66.6. The van der Waals surface area contributed by atoms with Crippen LogP contribution in [0.4, 0.5) is 0 Å². The van der Waals surface area contributed by atoms with Crippen molar-refractivity contribution in [3.8, 4) is 44.9 Å². The van der Waals surface area contributed by atoms with Gasteiger partial charge in [0, 0.05) is 16.5 Å². The molecule has 0 N–H and O–H groups in total. The number of fused-ring (bicyclic) bond motifs is 17. The number of para-hydroxylation sites is 1. The normalized spacial score (nSPS) is 15.2. The molecule has 0 amide bonds. The van der Waals surface area contributed by atoms with Gasteiger partial charge in [-0.25, -0.2) is 9.97 Å². The topological polar surface area (TPSA) is 25.8 Å². The lowest BCUT2D eigenvalue weighted by molar-refractivity contribution is 0.795. The third-order valence-electron chi connectivity index (χ3n) is 11.9. The van der Waals surface area contributed by atoms with Crippen molar-refractivity contribution in [3.05, 3.63) is 204 Å². The smallest absolute Gasteiger partial charge is 0.161 e. The number of nitrogens with zero attached hydrogens (tertiary/aromatic N) is 2. The summed E-state index contributed by atoms with van der Waals surface area (Å²) < 4.78 is 0. The van der Waals surface area contributed by atoms with Crippen molar-refractivity contribution in [3.63, 3.8) is 0 Å². The fourth-order valence-corrected chi connectivity index (χ4v) is 9.78. The molecule has 244 valence electrons. The molecule has 0 saturated heterocycles. The van der Waals surface area contributed by atoms with E-state index in [1.54, 1.807) is 0 Å². The standard InChI is InChI=1S/C51H30N2/c1-2-15-31(16-3-1)49-38-23-10-13-28-47(38)52-50(53-49)39-24-14-27-45-48(39)37-22-9-12-26-44(37)51(45)43-25-11-8-21-36(43)42-29-40-34-19-6-4-17-32(34)33-18-5-7-20-35(33)41(40)30-46(42)51/h1-30H. The monoisotopic (exact) mass is 670 g/mol. The second-order valence-corrected chi connectivity index (χ2v) is 14.4. The average Bonchev–Trinajstić information content (AvgIpc) is 3.70. The Morgan fingerprint density at radius 1 is 0.321 bits per heavy atom. The largest absolute Gasteiger partial charge is 0.228 e. The van der Waals surface area contributed by atoms with Crippen LogP contribution in [0.15, 0.2) is 182 Å². The van der Waals surface area contributed by atoms with E-state index in [2.05, 4.69) is 182 Å². The van der Waals surface area contributed by atoms with Gasteiger partial charge in [0.15, 0.2) is 5.82 Å². The van der Waals surface area contributed by atoms with Crippen molar-refractivity contribution in [2.24, 2.45) is 0 Å². The zero-order valence-electron chi connectivity index (χ0n) is 28.7. The summed E-state index contributed by atoms with van der Waals surface area (Å²) in [5, 5.41) is 8.80. The molecular formula is C51H30N2. The minimum absolute atomic E-state index is 0.506. The number of hydrogen-bond donors (Lipinski definition) is 0. The molecule has 1 aromatic heterocycles. The predicted molar refractivity (Wildman–Crippen MR) is 219 cm³/mol. The van der Waals surface area contributed by atoms with Crippen molar-refractivity contribution in [1.29, 1.82) is 0 Å². The first kappa shape index (κ1) is 28.8. The summed E-state index contributed by atoms with van der Waals surface area (Å²) in [6.45, 7) is 0. The highest BCUT2D eigenvalue weighted by Gasteiger charge is 2.52. The first-order valence-electron chi connectivity index (χ1n) is 18.3. The van der Waals surface area contributed by atoms with E-state index in [9.17, 15) is 0 Å². The molecule has 1 atom stereocenters. The van der Waals surface area contributed by atoms with Crippen molar-refractivity contribution < 1.29 is 0 Å². The van der Waals surface area contributed by atoms with E-state index in [0.29, 0.717) is 0 Å². The van der Waals surface area contributed by atoms with Crippen LogP contribution >= 0.6 is 0 Å². The molecule has 2 nitrogen and oxygen atoms in total. The quantitative estimate of drug-likeness (QED) is 0.171. The summed E-state index contributed by atoms with van der Waals surface area (Å²) in [5.41, 5.74) is 13.8. The van der Waals surface area contributed by atoms with Crippen molar-refractivity contribution in [1.82, 2.24) is 9.97 Å². The number of hydrogen-bond acceptors (Lipinski definition) is 2. The molecule has 0 radical (unpaired) electrons. The Kier molecular flexibility index (Phi) is 5.73. The molecule has 0 saturated carbocycles. The number of benzene rings is 9. The summed E-state index contributed by atoms with van der Waals surface area (Å²) in [6.07, 6.45) is 0. The molecular weight excluding hydrogens is 641 g/mol.